The Balaban J connectivity index is 1.92. The van der Waals surface area contributed by atoms with Crippen molar-refractivity contribution in [2.24, 2.45) is 0 Å². The number of aromatic nitrogens is 1. The number of methoxy groups -OCH3 is 1. The highest BCUT2D eigenvalue weighted by Gasteiger charge is 2.34. The fourth-order valence-electron chi connectivity index (χ4n) is 2.88. The maximum Gasteiger partial charge on any atom is 0.419 e. The quantitative estimate of drug-likeness (QED) is 0.481. The van der Waals surface area contributed by atoms with Crippen LogP contribution in [0.15, 0.2) is 48.7 Å². The van der Waals surface area contributed by atoms with Crippen molar-refractivity contribution in [1.82, 2.24) is 4.98 Å². The van der Waals surface area contributed by atoms with Crippen LogP contribution < -0.4 is 21.1 Å². The zero-order valence-electron chi connectivity index (χ0n) is 16.8. The lowest BCUT2D eigenvalue weighted by molar-refractivity contribution is -0.139. The Kier molecular flexibility index (Phi) is 6.47. The largest absolute Gasteiger partial charge is 0.496 e. The van der Waals surface area contributed by atoms with Gasteiger partial charge in [0, 0.05) is 11.9 Å². The van der Waals surface area contributed by atoms with Crippen LogP contribution in [-0.4, -0.2) is 23.9 Å². The number of amides is 2. The van der Waals surface area contributed by atoms with Gasteiger partial charge in [-0.25, -0.2) is 13.8 Å². The molecule has 0 saturated carbocycles. The number of benzene rings is 2. The number of ether oxygens (including phenoxy) is 1. The van der Waals surface area contributed by atoms with Gasteiger partial charge in [-0.3, -0.25) is 9.59 Å². The van der Waals surface area contributed by atoms with Gasteiger partial charge in [-0.1, -0.05) is 0 Å². The van der Waals surface area contributed by atoms with Crippen molar-refractivity contribution in [3.8, 4) is 5.75 Å². The van der Waals surface area contributed by atoms with Crippen molar-refractivity contribution in [3.05, 3.63) is 77.0 Å². The summed E-state index contributed by atoms with van der Waals surface area (Å²) < 4.78 is 71.2. The third-order valence-corrected chi connectivity index (χ3v) is 4.39. The maximum absolute atomic E-state index is 13.8. The van der Waals surface area contributed by atoms with Gasteiger partial charge in [0.05, 0.1) is 23.9 Å². The van der Waals surface area contributed by atoms with Crippen LogP contribution in [0, 0.1) is 11.6 Å². The summed E-state index contributed by atoms with van der Waals surface area (Å²) in [5, 5.41) is 4.48. The minimum atomic E-state index is -4.98. The van der Waals surface area contributed by atoms with E-state index in [2.05, 4.69) is 15.6 Å². The van der Waals surface area contributed by atoms with Gasteiger partial charge >= 0.3 is 6.18 Å². The number of pyridine rings is 1. The number of anilines is 3. The predicted octanol–water partition coefficient (Wildman–Crippen LogP) is 4.47. The molecule has 3 aromatic rings. The number of nitrogens with two attached hydrogens (primary N) is 1. The Hall–Kier alpha value is -4.22. The third-order valence-electron chi connectivity index (χ3n) is 4.39. The number of alkyl halides is 3. The minimum Gasteiger partial charge on any atom is -0.496 e. The Labute approximate surface area is 183 Å². The molecule has 7 nitrogen and oxygen atoms in total. The van der Waals surface area contributed by atoms with Crippen molar-refractivity contribution < 1.29 is 36.3 Å². The Morgan fingerprint density at radius 2 is 1.73 bits per heavy atom. The van der Waals surface area contributed by atoms with Gasteiger partial charge in [-0.2, -0.15) is 13.2 Å². The molecule has 0 aliphatic carbocycles. The van der Waals surface area contributed by atoms with Crippen molar-refractivity contribution in [3.63, 3.8) is 0 Å². The summed E-state index contributed by atoms with van der Waals surface area (Å²) in [6.45, 7) is 0. The van der Waals surface area contributed by atoms with Crippen LogP contribution in [0.5, 0.6) is 5.75 Å². The molecule has 2 amide bonds. The topological polar surface area (TPSA) is 106 Å². The van der Waals surface area contributed by atoms with Gasteiger partial charge in [0.2, 0.25) is 0 Å². The second-order valence-corrected chi connectivity index (χ2v) is 6.56. The highest BCUT2D eigenvalue weighted by atomic mass is 19.4. The van der Waals surface area contributed by atoms with Crippen molar-refractivity contribution >= 4 is 29.0 Å². The van der Waals surface area contributed by atoms with E-state index in [0.717, 1.165) is 24.3 Å². The molecule has 0 fully saturated rings. The second-order valence-electron chi connectivity index (χ2n) is 6.56. The lowest BCUT2D eigenvalue weighted by Gasteiger charge is -2.15. The van der Waals surface area contributed by atoms with Gasteiger partial charge in [0.25, 0.3) is 11.8 Å². The third kappa shape index (κ3) is 5.17. The number of nitrogen functional groups attached to an aromatic ring is 1. The van der Waals surface area contributed by atoms with E-state index in [4.69, 9.17) is 10.5 Å². The molecule has 3 rings (SSSR count). The molecule has 0 atom stereocenters. The number of rotatable bonds is 5. The second kappa shape index (κ2) is 9.10. The summed E-state index contributed by atoms with van der Waals surface area (Å²) in [6, 6.07) is 5.99. The molecule has 0 spiro atoms. The van der Waals surface area contributed by atoms with E-state index in [9.17, 15) is 31.5 Å². The first-order chi connectivity index (χ1) is 15.5. The van der Waals surface area contributed by atoms with E-state index < -0.39 is 35.2 Å². The van der Waals surface area contributed by atoms with E-state index in [1.165, 1.54) is 19.4 Å². The number of carbonyl (C=O) groups excluding carboxylic acids is 2. The van der Waals surface area contributed by atoms with Crippen LogP contribution in [-0.2, 0) is 6.18 Å². The molecule has 0 bridgehead atoms. The molecule has 0 unspecified atom stereocenters. The summed E-state index contributed by atoms with van der Waals surface area (Å²) >= 11 is 0. The summed E-state index contributed by atoms with van der Waals surface area (Å²) in [5.74, 6) is -4.32. The molecule has 172 valence electrons. The van der Waals surface area contributed by atoms with E-state index in [0.29, 0.717) is 12.1 Å². The number of carbonyl (C=O) groups is 2. The van der Waals surface area contributed by atoms with E-state index in [1.807, 2.05) is 0 Å². The molecular weight excluding hydrogens is 451 g/mol. The Bertz CT molecular complexity index is 1230. The van der Waals surface area contributed by atoms with E-state index in [1.54, 1.807) is 0 Å². The molecule has 1 aromatic heterocycles. The first-order valence-electron chi connectivity index (χ1n) is 9.08. The lowest BCUT2D eigenvalue weighted by Crippen LogP contribution is -2.20. The molecule has 1 heterocycles. The number of hydrogen-bond donors (Lipinski definition) is 3. The molecule has 0 aliphatic heterocycles. The monoisotopic (exact) mass is 466 g/mol. The van der Waals surface area contributed by atoms with Gasteiger partial charge < -0.3 is 21.1 Å². The first-order valence-corrected chi connectivity index (χ1v) is 9.08. The van der Waals surface area contributed by atoms with Gasteiger partial charge in [-0.15, -0.1) is 0 Å². The van der Waals surface area contributed by atoms with Crippen molar-refractivity contribution in [2.75, 3.05) is 23.5 Å². The molecular formula is C21H15F5N4O3. The van der Waals surface area contributed by atoms with Gasteiger partial charge in [-0.05, 0) is 42.5 Å². The number of nitrogens with zero attached hydrogens (tertiary/aromatic N) is 1. The molecule has 0 saturated heterocycles. The van der Waals surface area contributed by atoms with E-state index >= 15 is 0 Å². The fraction of sp³-hybridized carbons (Fsp3) is 0.0952. The van der Waals surface area contributed by atoms with Crippen LogP contribution >= 0.6 is 0 Å². The number of nitrogens with one attached hydrogen (secondary N) is 2. The predicted molar refractivity (Wildman–Crippen MR) is 109 cm³/mol. The number of halogens is 5. The van der Waals surface area contributed by atoms with Gasteiger partial charge in [0.1, 0.15) is 28.8 Å². The molecule has 4 N–H and O–H groups in total. The molecule has 2 aromatic carbocycles. The molecule has 0 aliphatic rings. The Morgan fingerprint density at radius 1 is 1.00 bits per heavy atom. The smallest absolute Gasteiger partial charge is 0.419 e. The minimum absolute atomic E-state index is 0.0633. The summed E-state index contributed by atoms with van der Waals surface area (Å²) in [6.07, 6.45) is -3.69. The first kappa shape index (κ1) is 23.4. The maximum atomic E-state index is 13.8. The fourth-order valence-corrected chi connectivity index (χ4v) is 2.88. The average molecular weight is 466 g/mol. The van der Waals surface area contributed by atoms with E-state index in [-0.39, 0.29) is 34.1 Å². The van der Waals surface area contributed by atoms with Crippen molar-refractivity contribution in [2.45, 2.75) is 6.18 Å². The summed E-state index contributed by atoms with van der Waals surface area (Å²) in [7, 11) is 1.28. The zero-order valence-corrected chi connectivity index (χ0v) is 16.8. The average Bonchev–Trinajstić information content (AvgIpc) is 2.73. The highest BCUT2D eigenvalue weighted by molar-refractivity contribution is 6.14. The van der Waals surface area contributed by atoms with Crippen LogP contribution in [0.25, 0.3) is 0 Å². The highest BCUT2D eigenvalue weighted by Crippen LogP contribution is 2.33. The SMILES string of the molecule is COc1ccnc(N)c1C(=O)Nc1cc(F)ccc1C(=O)Nc1ccc(F)c(C(F)(F)F)c1. The zero-order chi connectivity index (χ0) is 24.3. The Morgan fingerprint density at radius 3 is 2.39 bits per heavy atom. The number of hydrogen-bond acceptors (Lipinski definition) is 5. The van der Waals surface area contributed by atoms with Crippen LogP contribution in [0.4, 0.5) is 39.1 Å². The summed E-state index contributed by atoms with van der Waals surface area (Å²) in [4.78, 5) is 29.2. The van der Waals surface area contributed by atoms with Crippen LogP contribution in [0.3, 0.4) is 0 Å². The van der Waals surface area contributed by atoms with Crippen LogP contribution in [0.1, 0.15) is 26.3 Å². The standard InChI is InChI=1S/C21H15F5N4O3/c1-33-16-6-7-28-18(27)17(16)20(32)30-15-8-10(22)2-4-12(15)19(31)29-11-3-5-14(23)13(9-11)21(24,25)26/h2-9H,1H3,(H2,27,28)(H,29,31)(H,30,32). The normalized spacial score (nSPS) is 11.1. The molecule has 33 heavy (non-hydrogen) atoms. The van der Waals surface area contributed by atoms with Crippen LogP contribution in [0.2, 0.25) is 0 Å². The lowest BCUT2D eigenvalue weighted by atomic mass is 10.1. The van der Waals surface area contributed by atoms with Gasteiger partial charge in [0.15, 0.2) is 0 Å². The molecule has 0 radical (unpaired) electrons. The molecule has 12 heteroatoms. The summed E-state index contributed by atoms with van der Waals surface area (Å²) in [5.41, 5.74) is 3.00. The van der Waals surface area contributed by atoms with Crippen molar-refractivity contribution in [1.29, 1.82) is 0 Å².